The van der Waals surface area contributed by atoms with Crippen LogP contribution in [0.3, 0.4) is 0 Å². The van der Waals surface area contributed by atoms with E-state index in [1.807, 2.05) is 9.47 Å². The van der Waals surface area contributed by atoms with Crippen LogP contribution in [0.2, 0.25) is 6.04 Å². The Bertz CT molecular complexity index is 307. The van der Waals surface area contributed by atoms with Gasteiger partial charge in [-0.25, -0.2) is 4.79 Å². The van der Waals surface area contributed by atoms with Crippen LogP contribution in [0.1, 0.15) is 12.8 Å². The first-order valence-electron chi connectivity index (χ1n) is 6.97. The SMILES string of the molecule is CO[Si](CCC[N+](C)(C)CCCNC(=O)OP)(OC)OC.F.[Cl-]. The van der Waals surface area contributed by atoms with Gasteiger partial charge < -0.3 is 40.0 Å². The van der Waals surface area contributed by atoms with Crippen LogP contribution in [-0.2, 0) is 17.8 Å². The van der Waals surface area contributed by atoms with Crippen molar-refractivity contribution in [1.82, 2.24) is 5.32 Å². The largest absolute Gasteiger partial charge is 1.00 e. The minimum atomic E-state index is -2.46. The molecule has 0 fully saturated rings. The fourth-order valence-corrected chi connectivity index (χ4v) is 3.92. The lowest BCUT2D eigenvalue weighted by molar-refractivity contribution is -0.890. The molecule has 0 heterocycles. The van der Waals surface area contributed by atoms with Crippen LogP contribution in [0.15, 0.2) is 0 Å². The molecule has 1 atom stereocenters. The number of carbonyl (C=O) groups excluding carboxylic acids is 1. The van der Waals surface area contributed by atoms with Crippen molar-refractivity contribution in [2.45, 2.75) is 18.9 Å². The zero-order valence-corrected chi connectivity index (χ0v) is 17.5. The first kappa shape index (κ1) is 27.8. The molecule has 0 radical (unpaired) electrons. The number of halogens is 2. The van der Waals surface area contributed by atoms with E-state index in [-0.39, 0.29) is 17.1 Å². The summed E-state index contributed by atoms with van der Waals surface area (Å²) >= 11 is 0. The third kappa shape index (κ3) is 12.1. The second-order valence-corrected chi connectivity index (χ2v) is 8.79. The van der Waals surface area contributed by atoms with Crippen molar-refractivity contribution in [1.29, 1.82) is 0 Å². The Balaban J connectivity index is -0.00000200. The Morgan fingerprint density at radius 2 is 1.57 bits per heavy atom. The molecule has 7 nitrogen and oxygen atoms in total. The molecule has 0 saturated carbocycles. The van der Waals surface area contributed by atoms with Gasteiger partial charge in [-0.2, -0.15) is 0 Å². The number of hydrogen-bond donors (Lipinski definition) is 1. The van der Waals surface area contributed by atoms with Crippen LogP contribution in [0.25, 0.3) is 0 Å². The number of nitrogens with zero attached hydrogens (tertiary/aromatic N) is 1. The maximum absolute atomic E-state index is 10.9. The minimum absolute atomic E-state index is 0. The van der Waals surface area contributed by atoms with Crippen molar-refractivity contribution in [2.24, 2.45) is 0 Å². The lowest BCUT2D eigenvalue weighted by atomic mass is 10.3. The van der Waals surface area contributed by atoms with E-state index >= 15 is 0 Å². The molecule has 23 heavy (non-hydrogen) atoms. The number of nitrogens with one attached hydrogen (secondary N) is 1. The van der Waals surface area contributed by atoms with Crippen LogP contribution in [0.4, 0.5) is 9.50 Å². The molecule has 0 aliphatic carbocycles. The Kier molecular flexibility index (Phi) is 17.3. The fraction of sp³-hybridized carbons (Fsp3) is 0.917. The lowest BCUT2D eigenvalue weighted by Crippen LogP contribution is -3.00. The summed E-state index contributed by atoms with van der Waals surface area (Å²) in [7, 11) is 8.71. The highest BCUT2D eigenvalue weighted by Crippen LogP contribution is 2.16. The Hall–Kier alpha value is -0.0231. The van der Waals surface area contributed by atoms with Gasteiger partial charge in [0.25, 0.3) is 0 Å². The van der Waals surface area contributed by atoms with Crippen molar-refractivity contribution < 1.29 is 44.2 Å². The molecule has 0 aromatic carbocycles. The minimum Gasteiger partial charge on any atom is -1.00 e. The summed E-state index contributed by atoms with van der Waals surface area (Å²) in [6.07, 6.45) is 1.45. The molecule has 1 unspecified atom stereocenters. The zero-order chi connectivity index (χ0) is 16.4. The molecule has 1 amide bonds. The molecule has 0 rings (SSSR count). The molecule has 0 aliphatic rings. The third-order valence-electron chi connectivity index (χ3n) is 3.50. The van der Waals surface area contributed by atoms with Crippen molar-refractivity contribution >= 4 is 24.4 Å². The first-order valence-corrected chi connectivity index (χ1v) is 9.37. The topological polar surface area (TPSA) is 66.0 Å². The Morgan fingerprint density at radius 1 is 1.09 bits per heavy atom. The van der Waals surface area contributed by atoms with E-state index < -0.39 is 14.9 Å². The van der Waals surface area contributed by atoms with Gasteiger partial charge in [0.15, 0.2) is 0 Å². The maximum atomic E-state index is 10.9. The normalized spacial score (nSPS) is 11.2. The van der Waals surface area contributed by atoms with Crippen molar-refractivity contribution in [2.75, 3.05) is 55.1 Å². The molecule has 11 heteroatoms. The fourth-order valence-electron chi connectivity index (χ4n) is 2.13. The summed E-state index contributed by atoms with van der Waals surface area (Å²) in [6, 6.07) is 0.801. The first-order chi connectivity index (χ1) is 9.84. The van der Waals surface area contributed by atoms with Crippen LogP contribution in [-0.4, -0.2) is 74.4 Å². The molecule has 0 aliphatic heterocycles. The monoisotopic (exact) mass is 396 g/mol. The Labute approximate surface area is 148 Å². The van der Waals surface area contributed by atoms with E-state index in [1.165, 1.54) is 0 Å². The van der Waals surface area contributed by atoms with Crippen molar-refractivity contribution in [3.8, 4) is 0 Å². The van der Waals surface area contributed by atoms with Crippen LogP contribution >= 0.6 is 9.47 Å². The highest BCUT2D eigenvalue weighted by Gasteiger charge is 2.37. The molecule has 142 valence electrons. The van der Waals surface area contributed by atoms with Crippen LogP contribution in [0, 0.1) is 0 Å². The summed E-state index contributed by atoms with van der Waals surface area (Å²) in [5.74, 6) is 0. The number of rotatable bonds is 11. The molecular weight excluding hydrogens is 366 g/mol. The van der Waals surface area contributed by atoms with E-state index in [4.69, 9.17) is 13.3 Å². The van der Waals surface area contributed by atoms with Crippen LogP contribution < -0.4 is 17.7 Å². The molecule has 1 N–H and O–H groups in total. The van der Waals surface area contributed by atoms with Gasteiger partial charge in [-0.15, -0.1) is 0 Å². The van der Waals surface area contributed by atoms with Gasteiger partial charge in [0.05, 0.1) is 36.7 Å². The second-order valence-electron chi connectivity index (χ2n) is 5.47. The molecule has 0 aromatic heterocycles. The summed E-state index contributed by atoms with van der Waals surface area (Å²) in [6.45, 7) is 2.58. The van der Waals surface area contributed by atoms with Crippen molar-refractivity contribution in [3.05, 3.63) is 0 Å². The number of amides is 1. The van der Waals surface area contributed by atoms with E-state index in [0.29, 0.717) is 6.54 Å². The number of quaternary nitrogens is 1. The highest BCUT2D eigenvalue weighted by atomic mass is 35.5. The predicted molar refractivity (Wildman–Crippen MR) is 89.4 cm³/mol. The van der Waals surface area contributed by atoms with E-state index in [9.17, 15) is 4.79 Å². The number of carbonyl (C=O) groups is 1. The zero-order valence-electron chi connectivity index (χ0n) is 14.6. The van der Waals surface area contributed by atoms with E-state index in [1.54, 1.807) is 21.3 Å². The van der Waals surface area contributed by atoms with Gasteiger partial charge >= 0.3 is 14.9 Å². The lowest BCUT2D eigenvalue weighted by Gasteiger charge is -2.31. The molecule has 0 saturated heterocycles. The third-order valence-corrected chi connectivity index (χ3v) is 6.54. The molecule has 0 spiro atoms. The van der Waals surface area contributed by atoms with E-state index in [2.05, 4.69) is 23.9 Å². The second kappa shape index (κ2) is 14.3. The van der Waals surface area contributed by atoms with Gasteiger partial charge in [-0.05, 0) is 0 Å². The van der Waals surface area contributed by atoms with Gasteiger partial charge in [0, 0.05) is 46.8 Å². The number of hydrogen-bond acceptors (Lipinski definition) is 5. The smallest absolute Gasteiger partial charge is 0.500 e. The average Bonchev–Trinajstić information content (AvgIpc) is 2.48. The van der Waals surface area contributed by atoms with Gasteiger partial charge in [-0.1, -0.05) is 0 Å². The summed E-state index contributed by atoms with van der Waals surface area (Å²) in [5.41, 5.74) is 0. The maximum Gasteiger partial charge on any atom is 0.500 e. The highest BCUT2D eigenvalue weighted by molar-refractivity contribution is 7.10. The average molecular weight is 397 g/mol. The van der Waals surface area contributed by atoms with Gasteiger partial charge in [-0.3, -0.25) is 4.70 Å². The van der Waals surface area contributed by atoms with Gasteiger partial charge in [0.1, 0.15) is 0 Å². The van der Waals surface area contributed by atoms with E-state index in [0.717, 1.165) is 36.5 Å². The molecular formula is C12H31ClFN2O5PSi. The van der Waals surface area contributed by atoms with Crippen molar-refractivity contribution in [3.63, 3.8) is 0 Å². The summed E-state index contributed by atoms with van der Waals surface area (Å²) in [4.78, 5) is 10.9. The molecule has 0 bridgehead atoms. The summed E-state index contributed by atoms with van der Waals surface area (Å²) < 4.78 is 21.6. The predicted octanol–water partition coefficient (Wildman–Crippen LogP) is -1.61. The Morgan fingerprint density at radius 3 is 2.00 bits per heavy atom. The molecule has 0 aromatic rings. The standard InChI is InChI=1S/C12H29N2O5PSi.ClH.FH/c1-14(2,9-6-8-13-12(15)19-20)10-7-11-21(16-3,17-4)18-5;;/h6-11,20H2,1-5H3;2*1H. The van der Waals surface area contributed by atoms with Crippen LogP contribution in [0.5, 0.6) is 0 Å². The van der Waals surface area contributed by atoms with Gasteiger partial charge in [0.2, 0.25) is 0 Å². The quantitative estimate of drug-likeness (QED) is 0.197. The summed E-state index contributed by atoms with van der Waals surface area (Å²) in [5, 5.41) is 2.67.